The third kappa shape index (κ3) is 9.21. The molecule has 49 heavy (non-hydrogen) atoms. The van der Waals surface area contributed by atoms with Crippen LogP contribution in [-0.4, -0.2) is 53.7 Å². The van der Waals surface area contributed by atoms with Gasteiger partial charge in [0.05, 0.1) is 13.1 Å². The molecule has 12 nitrogen and oxygen atoms in total. The number of rotatable bonds is 10. The van der Waals surface area contributed by atoms with Crippen molar-refractivity contribution in [3.63, 3.8) is 0 Å². The van der Waals surface area contributed by atoms with Crippen molar-refractivity contribution in [2.24, 2.45) is 5.73 Å². The van der Waals surface area contributed by atoms with E-state index >= 15 is 0 Å². The molecule has 3 heterocycles. The molecule has 22 heteroatoms. The Labute approximate surface area is 273 Å². The van der Waals surface area contributed by atoms with Crippen LogP contribution in [0, 0.1) is 34.5 Å². The number of hydrogen-bond acceptors (Lipinski definition) is 8. The minimum atomic E-state index is -3.26. The first kappa shape index (κ1) is 37.7. The lowest BCUT2D eigenvalue weighted by Crippen LogP contribution is -2.14. The number of aromatic hydroxyl groups is 1. The highest BCUT2D eigenvalue weighted by molar-refractivity contribution is 5.93. The molecule has 5 N–H and O–H groups in total. The van der Waals surface area contributed by atoms with Gasteiger partial charge in [0.2, 0.25) is 17.6 Å². The summed E-state index contributed by atoms with van der Waals surface area (Å²) in [5, 5.41) is 24.1. The number of alkyl halides is 4. The maximum atomic E-state index is 13.8. The second kappa shape index (κ2) is 15.9. The van der Waals surface area contributed by atoms with Gasteiger partial charge in [-0.15, -0.1) is 12.4 Å². The van der Waals surface area contributed by atoms with Gasteiger partial charge in [0.1, 0.15) is 17.2 Å². The molecule has 5 rings (SSSR count). The van der Waals surface area contributed by atoms with Crippen molar-refractivity contribution < 1.29 is 54.1 Å². The van der Waals surface area contributed by atoms with Crippen LogP contribution in [0.2, 0.25) is 0 Å². The minimum Gasteiger partial charge on any atom is -0.491 e. The standard InChI is InChI=1S/C15H9F5N4O3.C12H10F4N4O.ClH/c16-7-3-1-2-6(10(7)17)5-24-9(27-15(19)20)4-8(23-24)12-21-13(25)11(18)14(26)22-12;13-7-3-1-2-6(10(7)14)5-20-9(21-12(15)16)4-8(19-20)11(17)18;/h1-4,15H,5H2,(H2,21,22,25,26);1-4,12H,5H2,(H3,17,18);1H. The molecule has 0 amide bonds. The number of nitrogens with two attached hydrogens (primary N) is 1. The van der Waals surface area contributed by atoms with Crippen molar-refractivity contribution in [1.82, 2.24) is 29.5 Å². The van der Waals surface area contributed by atoms with E-state index in [4.69, 9.17) is 11.1 Å². The second-order valence-corrected chi connectivity index (χ2v) is 9.20. The summed E-state index contributed by atoms with van der Waals surface area (Å²) in [4.78, 5) is 16.7. The van der Waals surface area contributed by atoms with Crippen LogP contribution in [0.1, 0.15) is 16.8 Å². The largest absolute Gasteiger partial charge is 0.491 e. The van der Waals surface area contributed by atoms with Gasteiger partial charge in [-0.2, -0.15) is 37.1 Å². The summed E-state index contributed by atoms with van der Waals surface area (Å²) < 4.78 is 127. The Hall–Kier alpha value is -5.73. The number of aromatic nitrogens is 6. The number of aromatic amines is 1. The Kier molecular flexibility index (Phi) is 12.2. The Bertz CT molecular complexity index is 2010. The Balaban J connectivity index is 0.000000268. The van der Waals surface area contributed by atoms with Crippen LogP contribution in [0.25, 0.3) is 11.5 Å². The summed E-state index contributed by atoms with van der Waals surface area (Å²) in [6.45, 7) is -7.24. The van der Waals surface area contributed by atoms with E-state index in [0.717, 1.165) is 33.6 Å². The van der Waals surface area contributed by atoms with E-state index in [1.54, 1.807) is 0 Å². The second-order valence-electron chi connectivity index (χ2n) is 9.20. The third-order valence-electron chi connectivity index (χ3n) is 5.97. The molecule has 0 aliphatic carbocycles. The van der Waals surface area contributed by atoms with Crippen LogP contribution in [0.15, 0.2) is 53.3 Å². The summed E-state index contributed by atoms with van der Waals surface area (Å²) in [7, 11) is 0. The lowest BCUT2D eigenvalue weighted by molar-refractivity contribution is -0.0563. The molecule has 0 fully saturated rings. The predicted molar refractivity (Wildman–Crippen MR) is 152 cm³/mol. The highest BCUT2D eigenvalue weighted by Crippen LogP contribution is 2.25. The van der Waals surface area contributed by atoms with E-state index in [2.05, 4.69) is 24.7 Å². The van der Waals surface area contributed by atoms with Crippen molar-refractivity contribution in [3.8, 4) is 29.2 Å². The molecule has 2 aromatic carbocycles. The van der Waals surface area contributed by atoms with Gasteiger partial charge < -0.3 is 25.3 Å². The third-order valence-corrected chi connectivity index (χ3v) is 5.97. The lowest BCUT2D eigenvalue weighted by atomic mass is 10.2. The van der Waals surface area contributed by atoms with Gasteiger partial charge in [-0.05, 0) is 12.1 Å². The van der Waals surface area contributed by atoms with E-state index in [0.29, 0.717) is 0 Å². The summed E-state index contributed by atoms with van der Waals surface area (Å²) in [5.74, 6) is -9.17. The molecule has 0 atom stereocenters. The van der Waals surface area contributed by atoms with E-state index in [9.17, 15) is 49.4 Å². The first-order valence-corrected chi connectivity index (χ1v) is 12.9. The monoisotopic (exact) mass is 726 g/mol. The lowest BCUT2D eigenvalue weighted by Gasteiger charge is -2.09. The molecule has 0 saturated carbocycles. The molecule has 262 valence electrons. The summed E-state index contributed by atoms with van der Waals surface area (Å²) >= 11 is 0. The molecule has 0 aliphatic heterocycles. The molecule has 0 radical (unpaired) electrons. The van der Waals surface area contributed by atoms with E-state index in [1.807, 2.05) is 4.98 Å². The van der Waals surface area contributed by atoms with Gasteiger partial charge >= 0.3 is 13.2 Å². The average Bonchev–Trinajstić information content (AvgIpc) is 3.59. The Morgan fingerprint density at radius 3 is 1.80 bits per heavy atom. The number of nitrogen functional groups attached to an aromatic ring is 1. The summed E-state index contributed by atoms with van der Waals surface area (Å²) in [5.41, 5.74) is 3.17. The number of nitrogens with zero attached hydrogens (tertiary/aromatic N) is 5. The van der Waals surface area contributed by atoms with Gasteiger partial charge in [0, 0.05) is 23.3 Å². The number of H-pyrrole nitrogens is 1. The summed E-state index contributed by atoms with van der Waals surface area (Å²) in [6, 6.07) is 8.69. The first-order chi connectivity index (χ1) is 22.6. The van der Waals surface area contributed by atoms with Crippen molar-refractivity contribution in [2.45, 2.75) is 26.3 Å². The van der Waals surface area contributed by atoms with Gasteiger partial charge in [0.25, 0.3) is 11.4 Å². The highest BCUT2D eigenvalue weighted by atomic mass is 35.5. The van der Waals surface area contributed by atoms with Crippen LogP contribution in [0.4, 0.5) is 39.5 Å². The van der Waals surface area contributed by atoms with E-state index in [-0.39, 0.29) is 41.5 Å². The summed E-state index contributed by atoms with van der Waals surface area (Å²) in [6.07, 6.45) is 0. The minimum absolute atomic E-state index is 0. The number of nitrogens with one attached hydrogen (secondary N) is 2. The fourth-order valence-electron chi connectivity index (χ4n) is 3.88. The Morgan fingerprint density at radius 1 is 0.837 bits per heavy atom. The maximum Gasteiger partial charge on any atom is 0.388 e. The zero-order chi connectivity index (χ0) is 35.3. The van der Waals surface area contributed by atoms with Gasteiger partial charge in [0.15, 0.2) is 29.1 Å². The van der Waals surface area contributed by atoms with Crippen LogP contribution in [-0.2, 0) is 13.1 Å². The Morgan fingerprint density at radius 2 is 1.33 bits per heavy atom. The van der Waals surface area contributed by atoms with Crippen LogP contribution < -0.4 is 20.8 Å². The van der Waals surface area contributed by atoms with Crippen molar-refractivity contribution in [1.29, 1.82) is 5.41 Å². The quantitative estimate of drug-likeness (QED) is 0.0893. The SMILES string of the molecule is Cl.N=C(N)c1cc(OC(F)F)n(Cc2cccc(F)c2F)n1.O=c1[nH]c(-c2cc(OC(F)F)n(Cc3cccc(F)c3F)n2)nc(O)c1F. The molecule has 0 unspecified atom stereocenters. The van der Waals surface area contributed by atoms with Crippen molar-refractivity contribution in [3.05, 3.63) is 105 Å². The average molecular weight is 727 g/mol. The highest BCUT2D eigenvalue weighted by Gasteiger charge is 2.21. The number of benzene rings is 2. The zero-order valence-corrected chi connectivity index (χ0v) is 24.8. The number of halogens is 10. The molecule has 0 aliphatic rings. The fourth-order valence-corrected chi connectivity index (χ4v) is 3.88. The van der Waals surface area contributed by atoms with Crippen molar-refractivity contribution >= 4 is 18.2 Å². The molecule has 0 bridgehead atoms. The van der Waals surface area contributed by atoms with Gasteiger partial charge in [-0.1, -0.05) is 24.3 Å². The normalized spacial score (nSPS) is 10.8. The molecular formula is C27H20ClF9N8O4. The fraction of sp³-hybridized carbons (Fsp3) is 0.148. The van der Waals surface area contributed by atoms with Crippen molar-refractivity contribution in [2.75, 3.05) is 0 Å². The number of ether oxygens (including phenoxy) is 2. The molecule has 0 spiro atoms. The first-order valence-electron chi connectivity index (χ1n) is 12.9. The predicted octanol–water partition coefficient (Wildman–Crippen LogP) is 4.92. The smallest absolute Gasteiger partial charge is 0.388 e. The molecule has 3 aromatic heterocycles. The van der Waals surface area contributed by atoms with Crippen LogP contribution in [0.3, 0.4) is 0 Å². The molecule has 0 saturated heterocycles. The van der Waals surface area contributed by atoms with Gasteiger partial charge in [-0.3, -0.25) is 10.2 Å². The van der Waals surface area contributed by atoms with Crippen LogP contribution >= 0.6 is 12.4 Å². The van der Waals surface area contributed by atoms with Gasteiger partial charge in [-0.25, -0.2) is 26.9 Å². The van der Waals surface area contributed by atoms with E-state index < -0.39 is 83.7 Å². The number of amidine groups is 1. The maximum absolute atomic E-state index is 13.8. The zero-order valence-electron chi connectivity index (χ0n) is 24.0. The van der Waals surface area contributed by atoms with E-state index in [1.165, 1.54) is 24.3 Å². The number of hydrogen-bond donors (Lipinski definition) is 4. The van der Waals surface area contributed by atoms with Crippen LogP contribution in [0.5, 0.6) is 17.6 Å². The molecular weight excluding hydrogens is 707 g/mol. The molecule has 5 aromatic rings. The topological polar surface area (TPSA) is 170 Å².